The molecule has 0 radical (unpaired) electrons. The molecule has 0 saturated carbocycles. The van der Waals surface area contributed by atoms with Crippen LogP contribution in [0.4, 0.5) is 5.69 Å². The molecule has 0 unspecified atom stereocenters. The summed E-state index contributed by atoms with van der Waals surface area (Å²) in [5.74, 6) is -0.949. The van der Waals surface area contributed by atoms with Gasteiger partial charge in [0.25, 0.3) is 5.91 Å². The number of rotatable bonds is 8. The number of benzene rings is 1. The van der Waals surface area contributed by atoms with Crippen LogP contribution in [0.15, 0.2) is 42.7 Å². The van der Waals surface area contributed by atoms with Crippen LogP contribution in [-0.2, 0) is 25.6 Å². The van der Waals surface area contributed by atoms with Crippen molar-refractivity contribution in [3.8, 4) is 0 Å². The van der Waals surface area contributed by atoms with Crippen molar-refractivity contribution in [2.24, 2.45) is 0 Å². The number of anilines is 1. The number of aryl methyl sites for hydroxylation is 1. The van der Waals surface area contributed by atoms with Crippen LogP contribution in [0.5, 0.6) is 0 Å². The van der Waals surface area contributed by atoms with Gasteiger partial charge in [-0.3, -0.25) is 14.3 Å². The number of hydrogen-bond acceptors (Lipinski definition) is 5. The standard InChI is InChI=1S/C19H25N3O4/c1-14(23)26-17(15-8-6-5-7-9-15)18(24)21-16-12-20-22(13-16)11-10-19(2,3)25-4/h5-9,12-13,17H,10-11H2,1-4H3,(H,21,24)/t17-/m1/s1. The van der Waals surface area contributed by atoms with Gasteiger partial charge in [-0.1, -0.05) is 30.3 Å². The molecule has 0 saturated heterocycles. The molecular weight excluding hydrogens is 334 g/mol. The van der Waals surface area contributed by atoms with E-state index in [1.807, 2.05) is 19.9 Å². The first-order valence-electron chi connectivity index (χ1n) is 8.41. The summed E-state index contributed by atoms with van der Waals surface area (Å²) < 4.78 is 12.3. The van der Waals surface area contributed by atoms with Crippen molar-refractivity contribution in [1.82, 2.24) is 9.78 Å². The maximum Gasteiger partial charge on any atom is 0.303 e. The molecule has 26 heavy (non-hydrogen) atoms. The van der Waals surface area contributed by atoms with Crippen LogP contribution in [0.1, 0.15) is 38.9 Å². The van der Waals surface area contributed by atoms with Gasteiger partial charge in [-0.25, -0.2) is 0 Å². The zero-order valence-corrected chi connectivity index (χ0v) is 15.6. The molecule has 0 aliphatic rings. The maximum absolute atomic E-state index is 12.6. The van der Waals surface area contributed by atoms with Gasteiger partial charge in [0.15, 0.2) is 0 Å². The molecule has 1 aromatic heterocycles. The minimum absolute atomic E-state index is 0.247. The number of methoxy groups -OCH3 is 1. The number of nitrogens with one attached hydrogen (secondary N) is 1. The smallest absolute Gasteiger partial charge is 0.303 e. The lowest BCUT2D eigenvalue weighted by Crippen LogP contribution is -2.25. The predicted octanol–water partition coefficient (Wildman–Crippen LogP) is 2.94. The zero-order valence-electron chi connectivity index (χ0n) is 15.6. The summed E-state index contributed by atoms with van der Waals surface area (Å²) in [5, 5.41) is 6.98. The fraction of sp³-hybridized carbons (Fsp3) is 0.421. The number of carbonyl (C=O) groups excluding carboxylic acids is 2. The minimum atomic E-state index is -1.01. The van der Waals surface area contributed by atoms with Crippen molar-refractivity contribution in [3.05, 3.63) is 48.3 Å². The highest BCUT2D eigenvalue weighted by Gasteiger charge is 2.24. The molecule has 2 rings (SSSR count). The Bertz CT molecular complexity index is 740. The molecule has 0 aliphatic carbocycles. The fourth-order valence-electron chi connectivity index (χ4n) is 2.31. The van der Waals surface area contributed by atoms with E-state index >= 15 is 0 Å². The van der Waals surface area contributed by atoms with E-state index in [4.69, 9.17) is 9.47 Å². The fourth-order valence-corrected chi connectivity index (χ4v) is 2.31. The third kappa shape index (κ3) is 5.70. The van der Waals surface area contributed by atoms with Crippen LogP contribution >= 0.6 is 0 Å². The minimum Gasteiger partial charge on any atom is -0.447 e. The third-order valence-corrected chi connectivity index (χ3v) is 4.02. The van der Waals surface area contributed by atoms with Gasteiger partial charge in [-0.15, -0.1) is 0 Å². The lowest BCUT2D eigenvalue weighted by Gasteiger charge is -2.22. The van der Waals surface area contributed by atoms with Gasteiger partial charge in [0.1, 0.15) is 0 Å². The number of amides is 1. The average molecular weight is 359 g/mol. The van der Waals surface area contributed by atoms with E-state index in [2.05, 4.69) is 10.4 Å². The SMILES string of the molecule is COC(C)(C)CCn1cc(NC(=O)[C@H](OC(C)=O)c2ccccc2)cn1. The third-order valence-electron chi connectivity index (χ3n) is 4.02. The first-order chi connectivity index (χ1) is 12.3. The summed E-state index contributed by atoms with van der Waals surface area (Å²) >= 11 is 0. The van der Waals surface area contributed by atoms with Crippen LogP contribution in [0.3, 0.4) is 0 Å². The molecule has 140 valence electrons. The largest absolute Gasteiger partial charge is 0.447 e. The van der Waals surface area contributed by atoms with E-state index in [1.54, 1.807) is 48.5 Å². The van der Waals surface area contributed by atoms with Crippen molar-refractivity contribution >= 4 is 17.6 Å². The Balaban J connectivity index is 2.04. The Labute approximate surface area is 153 Å². The average Bonchev–Trinajstić information content (AvgIpc) is 3.06. The molecule has 1 heterocycles. The number of aromatic nitrogens is 2. The van der Waals surface area contributed by atoms with Gasteiger partial charge in [0.05, 0.1) is 17.5 Å². The molecule has 0 aliphatic heterocycles. The second-order valence-electron chi connectivity index (χ2n) is 6.60. The Morgan fingerprint density at radius 1 is 1.27 bits per heavy atom. The molecule has 0 spiro atoms. The van der Waals surface area contributed by atoms with Crippen LogP contribution in [-0.4, -0.2) is 34.4 Å². The zero-order chi connectivity index (χ0) is 19.2. The lowest BCUT2D eigenvalue weighted by molar-refractivity contribution is -0.152. The topological polar surface area (TPSA) is 82.5 Å². The predicted molar refractivity (Wildman–Crippen MR) is 97.5 cm³/mol. The maximum atomic E-state index is 12.6. The summed E-state index contributed by atoms with van der Waals surface area (Å²) in [5.41, 5.74) is 0.899. The summed E-state index contributed by atoms with van der Waals surface area (Å²) in [6.45, 7) is 5.94. The van der Waals surface area contributed by atoms with E-state index in [0.29, 0.717) is 17.8 Å². The van der Waals surface area contributed by atoms with Crippen molar-refractivity contribution in [2.75, 3.05) is 12.4 Å². The molecule has 1 N–H and O–H groups in total. The summed E-state index contributed by atoms with van der Waals surface area (Å²) in [7, 11) is 1.67. The van der Waals surface area contributed by atoms with E-state index in [0.717, 1.165) is 6.42 Å². The number of carbonyl (C=O) groups is 2. The van der Waals surface area contributed by atoms with Crippen LogP contribution < -0.4 is 5.32 Å². The quantitative estimate of drug-likeness (QED) is 0.733. The van der Waals surface area contributed by atoms with Gasteiger partial charge in [-0.05, 0) is 20.3 Å². The van der Waals surface area contributed by atoms with Gasteiger partial charge < -0.3 is 14.8 Å². The molecular formula is C19H25N3O4. The molecule has 0 bridgehead atoms. The summed E-state index contributed by atoms with van der Waals surface area (Å²) in [4.78, 5) is 23.9. The first-order valence-corrected chi connectivity index (χ1v) is 8.41. The van der Waals surface area contributed by atoms with Crippen molar-refractivity contribution in [3.63, 3.8) is 0 Å². The van der Waals surface area contributed by atoms with Gasteiger partial charge in [0, 0.05) is 32.3 Å². The number of esters is 1. The Kier molecular flexibility index (Phi) is 6.52. The Hall–Kier alpha value is -2.67. The van der Waals surface area contributed by atoms with Gasteiger partial charge in [0.2, 0.25) is 6.10 Å². The van der Waals surface area contributed by atoms with Crippen LogP contribution in [0.2, 0.25) is 0 Å². The monoisotopic (exact) mass is 359 g/mol. The summed E-state index contributed by atoms with van der Waals surface area (Å²) in [6, 6.07) is 8.88. The van der Waals surface area contributed by atoms with E-state index in [9.17, 15) is 9.59 Å². The highest BCUT2D eigenvalue weighted by molar-refractivity contribution is 5.95. The number of hydrogen-bond donors (Lipinski definition) is 1. The normalized spacial score (nSPS) is 12.5. The molecule has 1 atom stereocenters. The van der Waals surface area contributed by atoms with E-state index in [1.165, 1.54) is 6.92 Å². The lowest BCUT2D eigenvalue weighted by atomic mass is 10.1. The number of ether oxygens (including phenoxy) is 2. The van der Waals surface area contributed by atoms with Crippen LogP contribution in [0, 0.1) is 0 Å². The second-order valence-corrected chi connectivity index (χ2v) is 6.60. The second kappa shape index (κ2) is 8.62. The molecule has 1 aromatic carbocycles. The van der Waals surface area contributed by atoms with Crippen LogP contribution in [0.25, 0.3) is 0 Å². The van der Waals surface area contributed by atoms with Crippen molar-refractivity contribution in [2.45, 2.75) is 45.4 Å². The molecule has 2 aromatic rings. The highest BCUT2D eigenvalue weighted by Crippen LogP contribution is 2.20. The van der Waals surface area contributed by atoms with E-state index < -0.39 is 18.0 Å². The van der Waals surface area contributed by atoms with Gasteiger partial charge >= 0.3 is 5.97 Å². The Morgan fingerprint density at radius 2 is 1.96 bits per heavy atom. The Morgan fingerprint density at radius 3 is 2.58 bits per heavy atom. The molecule has 7 heteroatoms. The molecule has 7 nitrogen and oxygen atoms in total. The number of nitrogens with zero attached hydrogens (tertiary/aromatic N) is 2. The molecule has 1 amide bonds. The first kappa shape index (κ1) is 19.7. The van der Waals surface area contributed by atoms with E-state index in [-0.39, 0.29) is 5.60 Å². The van der Waals surface area contributed by atoms with Crippen molar-refractivity contribution in [1.29, 1.82) is 0 Å². The highest BCUT2D eigenvalue weighted by atomic mass is 16.5. The summed E-state index contributed by atoms with van der Waals surface area (Å²) in [6.07, 6.45) is 3.07. The van der Waals surface area contributed by atoms with Crippen molar-refractivity contribution < 1.29 is 19.1 Å². The molecule has 0 fully saturated rings. The van der Waals surface area contributed by atoms with Gasteiger partial charge in [-0.2, -0.15) is 5.10 Å².